The van der Waals surface area contributed by atoms with E-state index < -0.39 is 0 Å². The van der Waals surface area contributed by atoms with Gasteiger partial charge in [-0.1, -0.05) is 19.1 Å². The second-order valence-electron chi connectivity index (χ2n) is 5.05. The summed E-state index contributed by atoms with van der Waals surface area (Å²) in [5.74, 6) is 0. The van der Waals surface area contributed by atoms with Crippen LogP contribution >= 0.6 is 0 Å². The molecule has 0 atom stereocenters. The van der Waals surface area contributed by atoms with Crippen LogP contribution in [-0.4, -0.2) is 22.9 Å². The summed E-state index contributed by atoms with van der Waals surface area (Å²) >= 11 is 0. The standard InChI is InChI=1S/C16H24N4/c1-3-11-20(12-9-15-8-10-18-19(15)2)16-6-4-14(13-17)5-7-16/h4-8,10H,3,9,11-13,17H2,1-2H3. The van der Waals surface area contributed by atoms with Crippen LogP contribution in [0.25, 0.3) is 0 Å². The zero-order chi connectivity index (χ0) is 14.4. The Kier molecular flexibility index (Phi) is 5.18. The third-order valence-corrected chi connectivity index (χ3v) is 3.59. The van der Waals surface area contributed by atoms with Gasteiger partial charge in [0, 0.05) is 50.7 Å². The Morgan fingerprint density at radius 1 is 1.15 bits per heavy atom. The van der Waals surface area contributed by atoms with E-state index in [9.17, 15) is 0 Å². The van der Waals surface area contributed by atoms with E-state index in [2.05, 4.69) is 47.3 Å². The highest BCUT2D eigenvalue weighted by atomic mass is 15.3. The van der Waals surface area contributed by atoms with Gasteiger partial charge in [-0.3, -0.25) is 4.68 Å². The van der Waals surface area contributed by atoms with E-state index >= 15 is 0 Å². The molecular weight excluding hydrogens is 248 g/mol. The molecule has 0 spiro atoms. The maximum atomic E-state index is 5.65. The Morgan fingerprint density at radius 2 is 1.90 bits per heavy atom. The molecule has 0 aliphatic heterocycles. The molecule has 20 heavy (non-hydrogen) atoms. The lowest BCUT2D eigenvalue weighted by molar-refractivity contribution is 0.681. The summed E-state index contributed by atoms with van der Waals surface area (Å²) in [5, 5.41) is 4.22. The Hall–Kier alpha value is -1.81. The smallest absolute Gasteiger partial charge is 0.0492 e. The van der Waals surface area contributed by atoms with Crippen LogP contribution in [0.2, 0.25) is 0 Å². The Labute approximate surface area is 121 Å². The zero-order valence-corrected chi connectivity index (χ0v) is 12.4. The third kappa shape index (κ3) is 3.61. The van der Waals surface area contributed by atoms with Crippen LogP contribution in [0, 0.1) is 0 Å². The first kappa shape index (κ1) is 14.6. The average molecular weight is 272 g/mol. The van der Waals surface area contributed by atoms with Crippen LogP contribution in [0.1, 0.15) is 24.6 Å². The summed E-state index contributed by atoms with van der Waals surface area (Å²) in [7, 11) is 2.00. The summed E-state index contributed by atoms with van der Waals surface area (Å²) in [4.78, 5) is 2.42. The Balaban J connectivity index is 2.04. The minimum absolute atomic E-state index is 0.600. The van der Waals surface area contributed by atoms with E-state index in [0.717, 1.165) is 25.9 Å². The molecule has 1 aromatic carbocycles. The maximum absolute atomic E-state index is 5.65. The first-order valence-corrected chi connectivity index (χ1v) is 7.25. The quantitative estimate of drug-likeness (QED) is 0.841. The summed E-state index contributed by atoms with van der Waals surface area (Å²) in [6.45, 7) is 4.89. The van der Waals surface area contributed by atoms with Crippen molar-refractivity contribution in [3.05, 3.63) is 47.8 Å². The molecule has 2 N–H and O–H groups in total. The molecule has 1 aromatic heterocycles. The first-order valence-electron chi connectivity index (χ1n) is 7.25. The van der Waals surface area contributed by atoms with E-state index in [1.807, 2.05) is 17.9 Å². The van der Waals surface area contributed by atoms with Crippen molar-refractivity contribution in [2.45, 2.75) is 26.3 Å². The summed E-state index contributed by atoms with van der Waals surface area (Å²) in [6, 6.07) is 10.6. The van der Waals surface area contributed by atoms with Gasteiger partial charge in [0.1, 0.15) is 0 Å². The molecule has 2 aromatic rings. The molecule has 4 heteroatoms. The van der Waals surface area contributed by atoms with E-state index in [0.29, 0.717) is 6.54 Å². The van der Waals surface area contributed by atoms with Gasteiger partial charge in [0.2, 0.25) is 0 Å². The minimum atomic E-state index is 0.600. The van der Waals surface area contributed by atoms with Gasteiger partial charge in [0.25, 0.3) is 0 Å². The summed E-state index contributed by atoms with van der Waals surface area (Å²) in [6.07, 6.45) is 4.01. The van der Waals surface area contributed by atoms with Gasteiger partial charge in [0.05, 0.1) is 0 Å². The summed E-state index contributed by atoms with van der Waals surface area (Å²) < 4.78 is 1.95. The van der Waals surface area contributed by atoms with Gasteiger partial charge in [0.15, 0.2) is 0 Å². The SMILES string of the molecule is CCCN(CCc1ccnn1C)c1ccc(CN)cc1. The molecule has 2 rings (SSSR count). The number of hydrogen-bond acceptors (Lipinski definition) is 3. The van der Waals surface area contributed by atoms with Gasteiger partial charge in [-0.05, 0) is 30.2 Å². The molecule has 0 amide bonds. The second-order valence-corrected chi connectivity index (χ2v) is 5.05. The molecule has 0 bridgehead atoms. The fourth-order valence-electron chi connectivity index (χ4n) is 2.38. The van der Waals surface area contributed by atoms with Gasteiger partial charge in [-0.25, -0.2) is 0 Å². The lowest BCUT2D eigenvalue weighted by atomic mass is 10.2. The highest BCUT2D eigenvalue weighted by molar-refractivity contribution is 5.47. The number of rotatable bonds is 7. The third-order valence-electron chi connectivity index (χ3n) is 3.59. The van der Waals surface area contributed by atoms with Crippen molar-refractivity contribution in [3.63, 3.8) is 0 Å². The Bertz CT molecular complexity index is 516. The van der Waals surface area contributed by atoms with E-state index in [-0.39, 0.29) is 0 Å². The van der Waals surface area contributed by atoms with Crippen molar-refractivity contribution in [3.8, 4) is 0 Å². The maximum Gasteiger partial charge on any atom is 0.0492 e. The summed E-state index contributed by atoms with van der Waals surface area (Å²) in [5.41, 5.74) is 9.37. The molecule has 4 nitrogen and oxygen atoms in total. The monoisotopic (exact) mass is 272 g/mol. The Morgan fingerprint density at radius 3 is 2.45 bits per heavy atom. The van der Waals surface area contributed by atoms with E-state index in [1.54, 1.807) is 0 Å². The number of hydrogen-bond donors (Lipinski definition) is 1. The van der Waals surface area contributed by atoms with Crippen molar-refractivity contribution >= 4 is 5.69 Å². The van der Waals surface area contributed by atoms with Gasteiger partial charge in [-0.2, -0.15) is 5.10 Å². The van der Waals surface area contributed by atoms with Crippen molar-refractivity contribution in [2.75, 3.05) is 18.0 Å². The minimum Gasteiger partial charge on any atom is -0.371 e. The number of nitrogens with zero attached hydrogens (tertiary/aromatic N) is 3. The zero-order valence-electron chi connectivity index (χ0n) is 12.4. The van der Waals surface area contributed by atoms with Crippen LogP contribution in [0.15, 0.2) is 36.5 Å². The largest absolute Gasteiger partial charge is 0.371 e. The lowest BCUT2D eigenvalue weighted by Gasteiger charge is -2.24. The van der Waals surface area contributed by atoms with Crippen molar-refractivity contribution in [1.29, 1.82) is 0 Å². The van der Waals surface area contributed by atoms with Crippen molar-refractivity contribution in [1.82, 2.24) is 9.78 Å². The first-order chi connectivity index (χ1) is 9.74. The molecule has 0 aliphatic carbocycles. The highest BCUT2D eigenvalue weighted by Gasteiger charge is 2.07. The van der Waals surface area contributed by atoms with E-state index in [1.165, 1.54) is 16.9 Å². The van der Waals surface area contributed by atoms with Gasteiger partial charge >= 0.3 is 0 Å². The van der Waals surface area contributed by atoms with Crippen LogP contribution < -0.4 is 10.6 Å². The topological polar surface area (TPSA) is 47.1 Å². The number of anilines is 1. The molecule has 0 radical (unpaired) electrons. The molecule has 1 heterocycles. The average Bonchev–Trinajstić information content (AvgIpc) is 2.89. The molecule has 0 aliphatic rings. The molecule has 0 fully saturated rings. The van der Waals surface area contributed by atoms with Crippen LogP contribution in [-0.2, 0) is 20.0 Å². The van der Waals surface area contributed by atoms with Crippen LogP contribution in [0.5, 0.6) is 0 Å². The predicted octanol–water partition coefficient (Wildman–Crippen LogP) is 2.34. The number of aromatic nitrogens is 2. The lowest BCUT2D eigenvalue weighted by Crippen LogP contribution is -2.27. The number of aryl methyl sites for hydroxylation is 1. The predicted molar refractivity (Wildman–Crippen MR) is 83.7 cm³/mol. The van der Waals surface area contributed by atoms with Crippen LogP contribution in [0.3, 0.4) is 0 Å². The normalized spacial score (nSPS) is 10.8. The van der Waals surface area contributed by atoms with Crippen molar-refractivity contribution in [2.24, 2.45) is 12.8 Å². The van der Waals surface area contributed by atoms with Gasteiger partial charge < -0.3 is 10.6 Å². The highest BCUT2D eigenvalue weighted by Crippen LogP contribution is 2.16. The molecular formula is C16H24N4. The molecule has 0 unspecified atom stereocenters. The number of nitrogens with two attached hydrogens (primary N) is 1. The fraction of sp³-hybridized carbons (Fsp3) is 0.438. The van der Waals surface area contributed by atoms with E-state index in [4.69, 9.17) is 5.73 Å². The molecule has 0 saturated heterocycles. The second kappa shape index (κ2) is 7.10. The van der Waals surface area contributed by atoms with Crippen molar-refractivity contribution < 1.29 is 0 Å². The van der Waals surface area contributed by atoms with Crippen LogP contribution in [0.4, 0.5) is 5.69 Å². The fourth-order valence-corrected chi connectivity index (χ4v) is 2.38. The molecule has 0 saturated carbocycles. The van der Waals surface area contributed by atoms with Gasteiger partial charge in [-0.15, -0.1) is 0 Å². The molecule has 108 valence electrons. The number of benzene rings is 1.